The number of benzene rings is 3. The van der Waals surface area contributed by atoms with Gasteiger partial charge in [0.05, 0.1) is 16.3 Å². The highest BCUT2D eigenvalue weighted by Gasteiger charge is 2.42. The van der Waals surface area contributed by atoms with Crippen molar-refractivity contribution in [2.24, 2.45) is 0 Å². The first-order valence-electron chi connectivity index (χ1n) is 10.2. The van der Waals surface area contributed by atoms with Gasteiger partial charge in [0.1, 0.15) is 10.6 Å². The highest BCUT2D eigenvalue weighted by atomic mass is 35.5. The Kier molecular flexibility index (Phi) is 6.90. The molecule has 4 rings (SSSR count). The molecule has 0 spiro atoms. The number of halogens is 5. The van der Waals surface area contributed by atoms with Gasteiger partial charge in [0.2, 0.25) is 0 Å². The fourth-order valence-corrected chi connectivity index (χ4v) is 4.86. The molecule has 1 aliphatic heterocycles. The van der Waals surface area contributed by atoms with Gasteiger partial charge in [-0.2, -0.15) is 13.2 Å². The van der Waals surface area contributed by atoms with E-state index in [2.05, 4.69) is 5.32 Å². The number of aryl methyl sites for hydroxylation is 2. The Hall–Kier alpha value is -2.94. The third-order valence-electron chi connectivity index (χ3n) is 5.08. The molecule has 0 bridgehead atoms. The summed E-state index contributed by atoms with van der Waals surface area (Å²) in [6, 6.07) is 14.6. The Morgan fingerprint density at radius 2 is 1.49 bits per heavy atom. The molecule has 0 saturated heterocycles. The molecule has 180 valence electrons. The van der Waals surface area contributed by atoms with Crippen LogP contribution in [0.4, 0.5) is 24.5 Å². The number of hydrogen-bond donors (Lipinski definition) is 1. The Labute approximate surface area is 213 Å². The lowest BCUT2D eigenvalue weighted by Crippen LogP contribution is -2.33. The van der Waals surface area contributed by atoms with Gasteiger partial charge in [-0.1, -0.05) is 41.0 Å². The van der Waals surface area contributed by atoms with Crippen LogP contribution in [0, 0.1) is 13.8 Å². The molecule has 1 N–H and O–H groups in total. The lowest BCUT2D eigenvalue weighted by molar-refractivity contribution is -0.137. The predicted octanol–water partition coefficient (Wildman–Crippen LogP) is 7.62. The quantitative estimate of drug-likeness (QED) is 0.340. The summed E-state index contributed by atoms with van der Waals surface area (Å²) in [5, 5.41) is 3.33. The van der Waals surface area contributed by atoms with Crippen LogP contribution in [-0.4, -0.2) is 11.8 Å². The predicted molar refractivity (Wildman–Crippen MR) is 133 cm³/mol. The topological polar surface area (TPSA) is 49.4 Å². The van der Waals surface area contributed by atoms with Crippen molar-refractivity contribution >= 4 is 58.2 Å². The van der Waals surface area contributed by atoms with Crippen LogP contribution in [0.3, 0.4) is 0 Å². The Balaban J connectivity index is 1.80. The Morgan fingerprint density at radius 3 is 2.09 bits per heavy atom. The van der Waals surface area contributed by atoms with Crippen molar-refractivity contribution < 1.29 is 22.8 Å². The smallest absolute Gasteiger partial charge is 0.350 e. The van der Waals surface area contributed by atoms with Crippen LogP contribution < -0.4 is 10.2 Å². The maximum Gasteiger partial charge on any atom is 0.416 e. The fraction of sp³-hybridized carbons (Fsp3) is 0.120. The molecule has 0 saturated carbocycles. The van der Waals surface area contributed by atoms with Crippen LogP contribution in [0.25, 0.3) is 0 Å². The number of nitrogens with zero attached hydrogens (tertiary/aromatic N) is 1. The zero-order valence-corrected chi connectivity index (χ0v) is 20.7. The van der Waals surface area contributed by atoms with Crippen molar-refractivity contribution in [2.75, 3.05) is 10.2 Å². The molecule has 0 radical (unpaired) electrons. The zero-order valence-electron chi connectivity index (χ0n) is 18.3. The van der Waals surface area contributed by atoms with E-state index < -0.39 is 23.6 Å². The Bertz CT molecular complexity index is 1350. The molecule has 0 unspecified atom stereocenters. The van der Waals surface area contributed by atoms with Gasteiger partial charge in [0, 0.05) is 15.6 Å². The van der Waals surface area contributed by atoms with Crippen molar-refractivity contribution in [3.05, 3.63) is 98.0 Å². The van der Waals surface area contributed by atoms with Gasteiger partial charge >= 0.3 is 6.18 Å². The van der Waals surface area contributed by atoms with Gasteiger partial charge in [0.15, 0.2) is 0 Å². The van der Waals surface area contributed by atoms with Crippen molar-refractivity contribution in [3.63, 3.8) is 0 Å². The first-order chi connectivity index (χ1) is 16.4. The van der Waals surface area contributed by atoms with Crippen LogP contribution in [0.5, 0.6) is 0 Å². The van der Waals surface area contributed by atoms with E-state index in [9.17, 15) is 22.8 Å². The molecule has 1 aliphatic rings. The first-order valence-corrected chi connectivity index (χ1v) is 11.8. The minimum atomic E-state index is -4.68. The summed E-state index contributed by atoms with van der Waals surface area (Å²) in [4.78, 5) is 28.2. The van der Waals surface area contributed by atoms with Gasteiger partial charge in [-0.05, 0) is 79.6 Å². The van der Waals surface area contributed by atoms with Gasteiger partial charge in [-0.3, -0.25) is 9.59 Å². The van der Waals surface area contributed by atoms with Crippen molar-refractivity contribution in [1.29, 1.82) is 0 Å². The number of rotatable bonds is 5. The molecule has 0 fully saturated rings. The van der Waals surface area contributed by atoms with Crippen molar-refractivity contribution in [3.8, 4) is 0 Å². The lowest BCUT2D eigenvalue weighted by atomic mass is 10.1. The average molecular weight is 537 g/mol. The summed E-state index contributed by atoms with van der Waals surface area (Å²) >= 11 is 13.1. The first kappa shape index (κ1) is 25.2. The van der Waals surface area contributed by atoms with E-state index in [1.54, 1.807) is 36.4 Å². The lowest BCUT2D eigenvalue weighted by Gasteiger charge is -2.18. The molecule has 2 amide bonds. The third-order valence-corrected chi connectivity index (χ3v) is 6.74. The maximum atomic E-state index is 13.5. The van der Waals surface area contributed by atoms with Crippen molar-refractivity contribution in [2.45, 2.75) is 24.9 Å². The summed E-state index contributed by atoms with van der Waals surface area (Å²) in [5.41, 5.74) is 0.977. The standard InChI is InChI=1S/C25H17Cl2F3N2O2S/c1-13-9-14(2)11-17(10-13)31-21-22(35-18-6-4-16(26)5-7-18)24(34)32(23(21)33)20-12-15(25(28,29)30)3-8-19(20)27/h3-12,31H,1-2H3. The second-order valence-electron chi connectivity index (χ2n) is 7.87. The summed E-state index contributed by atoms with van der Waals surface area (Å²) in [7, 11) is 0. The maximum absolute atomic E-state index is 13.5. The molecule has 1 heterocycles. The highest BCUT2D eigenvalue weighted by Crippen LogP contribution is 2.42. The number of amides is 2. The van der Waals surface area contributed by atoms with E-state index in [0.29, 0.717) is 26.6 Å². The number of carbonyl (C=O) groups is 2. The minimum Gasteiger partial charge on any atom is -0.350 e. The molecule has 0 aromatic heterocycles. The monoisotopic (exact) mass is 536 g/mol. The van der Waals surface area contributed by atoms with Gasteiger partial charge < -0.3 is 5.32 Å². The minimum absolute atomic E-state index is 0.0185. The number of imide groups is 1. The number of hydrogen-bond acceptors (Lipinski definition) is 4. The van der Waals surface area contributed by atoms with Gasteiger partial charge in [-0.15, -0.1) is 0 Å². The molecule has 3 aromatic rings. The SMILES string of the molecule is Cc1cc(C)cc(NC2=C(Sc3ccc(Cl)cc3)C(=O)N(c3cc(C(F)(F)F)ccc3Cl)C2=O)c1. The largest absolute Gasteiger partial charge is 0.416 e. The summed E-state index contributed by atoms with van der Waals surface area (Å²) < 4.78 is 40.0. The van der Waals surface area contributed by atoms with E-state index in [4.69, 9.17) is 23.2 Å². The number of carbonyl (C=O) groups excluding carboxylic acids is 2. The molecule has 10 heteroatoms. The number of anilines is 2. The van der Waals surface area contributed by atoms with E-state index in [-0.39, 0.29) is 21.3 Å². The number of alkyl halides is 3. The van der Waals surface area contributed by atoms with Gasteiger partial charge in [-0.25, -0.2) is 4.90 Å². The number of nitrogens with one attached hydrogen (secondary N) is 1. The molecular weight excluding hydrogens is 520 g/mol. The fourth-order valence-electron chi connectivity index (χ4n) is 3.61. The molecule has 0 atom stereocenters. The van der Waals surface area contributed by atoms with Crippen LogP contribution in [0.2, 0.25) is 10.0 Å². The van der Waals surface area contributed by atoms with Crippen LogP contribution in [0.15, 0.2) is 76.2 Å². The molecular formula is C25H17Cl2F3N2O2S. The Morgan fingerprint density at radius 1 is 0.857 bits per heavy atom. The van der Waals surface area contributed by atoms with Crippen LogP contribution >= 0.6 is 35.0 Å². The number of thioether (sulfide) groups is 1. The normalized spacial score (nSPS) is 14.2. The van der Waals surface area contributed by atoms with Gasteiger partial charge in [0.25, 0.3) is 11.8 Å². The highest BCUT2D eigenvalue weighted by molar-refractivity contribution is 8.04. The third kappa shape index (κ3) is 5.34. The molecule has 35 heavy (non-hydrogen) atoms. The van der Waals surface area contributed by atoms with E-state index in [0.717, 1.165) is 35.0 Å². The molecule has 3 aromatic carbocycles. The summed E-state index contributed by atoms with van der Waals surface area (Å²) in [6.45, 7) is 3.76. The summed E-state index contributed by atoms with van der Waals surface area (Å²) in [5.74, 6) is -1.60. The second-order valence-corrected chi connectivity index (χ2v) is 9.80. The average Bonchev–Trinajstić information content (AvgIpc) is 2.98. The van der Waals surface area contributed by atoms with E-state index >= 15 is 0 Å². The second kappa shape index (κ2) is 9.60. The van der Waals surface area contributed by atoms with E-state index in [1.807, 2.05) is 19.9 Å². The van der Waals surface area contributed by atoms with E-state index in [1.165, 1.54) is 0 Å². The van der Waals surface area contributed by atoms with Crippen LogP contribution in [-0.2, 0) is 15.8 Å². The molecule has 0 aliphatic carbocycles. The molecule has 4 nitrogen and oxygen atoms in total. The zero-order chi connectivity index (χ0) is 25.5. The van der Waals surface area contributed by atoms with Crippen molar-refractivity contribution in [1.82, 2.24) is 0 Å². The summed E-state index contributed by atoms with van der Waals surface area (Å²) in [6.07, 6.45) is -4.68. The van der Waals surface area contributed by atoms with Crippen LogP contribution in [0.1, 0.15) is 16.7 Å².